The molecule has 1 saturated carbocycles. The zero-order valence-corrected chi connectivity index (χ0v) is 16.9. The molecule has 154 valence electrons. The molecule has 3 aliphatic rings. The second kappa shape index (κ2) is 7.14. The first-order valence-corrected chi connectivity index (χ1v) is 10.2. The van der Waals surface area contributed by atoms with Gasteiger partial charge in [-0.15, -0.1) is 0 Å². The highest BCUT2D eigenvalue weighted by atomic mass is 16.6. The molecule has 1 aliphatic heterocycles. The second-order valence-electron chi connectivity index (χ2n) is 9.34. The van der Waals surface area contributed by atoms with Crippen molar-refractivity contribution in [3.05, 3.63) is 11.6 Å². The Morgan fingerprint density at radius 2 is 2.00 bits per heavy atom. The van der Waals surface area contributed by atoms with E-state index in [-0.39, 0.29) is 23.9 Å². The van der Waals surface area contributed by atoms with Gasteiger partial charge in [-0.05, 0) is 36.3 Å². The second-order valence-corrected chi connectivity index (χ2v) is 9.34. The van der Waals surface area contributed by atoms with Gasteiger partial charge >= 0.3 is 5.97 Å². The molecule has 0 aromatic rings. The van der Waals surface area contributed by atoms with Gasteiger partial charge in [-0.25, -0.2) is 0 Å². The van der Waals surface area contributed by atoms with Gasteiger partial charge in [-0.1, -0.05) is 40.5 Å². The predicted octanol–water partition coefficient (Wildman–Crippen LogP) is 2.30. The van der Waals surface area contributed by atoms with E-state index in [0.29, 0.717) is 18.4 Å². The van der Waals surface area contributed by atoms with Crippen molar-refractivity contribution < 1.29 is 29.6 Å². The lowest BCUT2D eigenvalue weighted by Gasteiger charge is -2.62. The van der Waals surface area contributed by atoms with Crippen LogP contribution in [0, 0.1) is 16.7 Å². The highest BCUT2D eigenvalue weighted by Crippen LogP contribution is 2.63. The Labute approximate surface area is 161 Å². The molecule has 0 spiro atoms. The van der Waals surface area contributed by atoms with Crippen molar-refractivity contribution in [1.82, 2.24) is 0 Å². The van der Waals surface area contributed by atoms with E-state index < -0.39 is 29.5 Å². The number of esters is 1. The first-order chi connectivity index (χ1) is 12.6. The van der Waals surface area contributed by atoms with Crippen LogP contribution in [0.4, 0.5) is 0 Å². The molecule has 0 amide bonds. The normalized spacial score (nSPS) is 42.9. The van der Waals surface area contributed by atoms with Crippen LogP contribution in [-0.2, 0) is 14.3 Å². The van der Waals surface area contributed by atoms with E-state index in [1.807, 2.05) is 0 Å². The summed E-state index contributed by atoms with van der Waals surface area (Å²) in [7, 11) is 0. The summed E-state index contributed by atoms with van der Waals surface area (Å²) in [6.45, 7) is 8.10. The third kappa shape index (κ3) is 3.05. The summed E-state index contributed by atoms with van der Waals surface area (Å²) >= 11 is 0. The summed E-state index contributed by atoms with van der Waals surface area (Å²) in [6.07, 6.45) is 3.38. The van der Waals surface area contributed by atoms with Crippen LogP contribution in [0.5, 0.6) is 0 Å². The predicted molar refractivity (Wildman–Crippen MR) is 99.6 cm³/mol. The Bertz CT molecular complexity index is 614. The summed E-state index contributed by atoms with van der Waals surface area (Å²) in [4.78, 5) is 12.4. The number of rotatable bonds is 5. The number of unbranched alkanes of at least 4 members (excludes halogenated alkanes) is 2. The molecule has 1 heterocycles. The monoisotopic (exact) mass is 382 g/mol. The quantitative estimate of drug-likeness (QED) is 0.384. The molecule has 2 aliphatic carbocycles. The Balaban J connectivity index is 1.99. The highest BCUT2D eigenvalue weighted by Gasteiger charge is 2.71. The number of hydrogen-bond donors (Lipinski definition) is 3. The number of carbonyl (C=O) groups excluding carboxylic acids is 1. The minimum absolute atomic E-state index is 0.0665. The smallest absolute Gasteiger partial charge is 0.306 e. The van der Waals surface area contributed by atoms with Crippen molar-refractivity contribution in [3.8, 4) is 0 Å². The van der Waals surface area contributed by atoms with Crippen LogP contribution in [0.15, 0.2) is 11.6 Å². The average molecular weight is 382 g/mol. The SMILES string of the molecule is CCCCCC(=O)O[C@@H]1C=C2CO[C@@H](O)[C@]2(O)[C@@]2(C)[C@@H](O)CCC(C)(C)[C@H]12. The standard InChI is InChI=1S/C21H34O6/c1-5-6-7-8-16(23)27-14-11-13-12-26-18(24)21(13,25)20(4)15(22)9-10-19(2,3)17(14)20/h11,14-15,17-18,22,24-25H,5-10,12H2,1-4H3/t14-,15+,17+,18-,20+,21+/m1/s1. The van der Waals surface area contributed by atoms with Crippen LogP contribution >= 0.6 is 0 Å². The summed E-state index contributed by atoms with van der Waals surface area (Å²) in [5.41, 5.74) is -2.55. The molecular weight excluding hydrogens is 348 g/mol. The number of hydrogen-bond acceptors (Lipinski definition) is 6. The maximum Gasteiger partial charge on any atom is 0.306 e. The topological polar surface area (TPSA) is 96.2 Å². The maximum atomic E-state index is 12.4. The molecule has 2 fully saturated rings. The molecule has 3 N–H and O–H groups in total. The third-order valence-corrected chi connectivity index (χ3v) is 7.25. The molecule has 0 aromatic carbocycles. The van der Waals surface area contributed by atoms with E-state index in [1.165, 1.54) is 0 Å². The number of fused-ring (bicyclic) bond motifs is 3. The molecule has 0 unspecified atom stereocenters. The van der Waals surface area contributed by atoms with E-state index in [9.17, 15) is 20.1 Å². The Hall–Kier alpha value is -0.950. The molecule has 6 nitrogen and oxygen atoms in total. The lowest BCUT2D eigenvalue weighted by atomic mass is 9.45. The van der Waals surface area contributed by atoms with E-state index in [2.05, 4.69) is 20.8 Å². The molecule has 0 aromatic heterocycles. The van der Waals surface area contributed by atoms with Gasteiger partial charge in [0.1, 0.15) is 11.7 Å². The van der Waals surface area contributed by atoms with Crippen LogP contribution in [-0.4, -0.2) is 52.0 Å². The summed E-state index contributed by atoms with van der Waals surface area (Å²) in [6, 6.07) is 0. The zero-order valence-electron chi connectivity index (χ0n) is 16.9. The molecule has 6 atom stereocenters. The Morgan fingerprint density at radius 3 is 2.67 bits per heavy atom. The largest absolute Gasteiger partial charge is 0.458 e. The fourth-order valence-corrected chi connectivity index (χ4v) is 5.73. The fraction of sp³-hybridized carbons (Fsp3) is 0.857. The van der Waals surface area contributed by atoms with Crippen molar-refractivity contribution >= 4 is 5.97 Å². The molecule has 3 rings (SSSR count). The molecular formula is C21H34O6. The summed E-state index contributed by atoms with van der Waals surface area (Å²) in [5, 5.41) is 32.9. The van der Waals surface area contributed by atoms with E-state index in [0.717, 1.165) is 25.7 Å². The summed E-state index contributed by atoms with van der Waals surface area (Å²) in [5.74, 6) is -0.595. The molecule has 1 saturated heterocycles. The van der Waals surface area contributed by atoms with Crippen LogP contribution in [0.3, 0.4) is 0 Å². The average Bonchev–Trinajstić information content (AvgIpc) is 2.88. The van der Waals surface area contributed by atoms with Crippen molar-refractivity contribution in [3.63, 3.8) is 0 Å². The maximum absolute atomic E-state index is 12.4. The number of carbonyl (C=O) groups is 1. The third-order valence-electron chi connectivity index (χ3n) is 7.25. The summed E-state index contributed by atoms with van der Waals surface area (Å²) < 4.78 is 11.2. The van der Waals surface area contributed by atoms with Crippen molar-refractivity contribution in [2.75, 3.05) is 6.61 Å². The molecule has 6 heteroatoms. The van der Waals surface area contributed by atoms with Gasteiger partial charge in [0, 0.05) is 17.8 Å². The highest BCUT2D eigenvalue weighted by molar-refractivity contribution is 5.70. The van der Waals surface area contributed by atoms with Gasteiger partial charge in [0.15, 0.2) is 6.29 Å². The number of aliphatic hydroxyl groups is 3. The van der Waals surface area contributed by atoms with E-state index in [4.69, 9.17) is 9.47 Å². The minimum atomic E-state index is -1.68. The van der Waals surface area contributed by atoms with Crippen molar-refractivity contribution in [2.24, 2.45) is 16.7 Å². The molecule has 0 bridgehead atoms. The lowest BCUT2D eigenvalue weighted by molar-refractivity contribution is -0.272. The van der Waals surface area contributed by atoms with Crippen LogP contribution in [0.25, 0.3) is 0 Å². The van der Waals surface area contributed by atoms with Crippen molar-refractivity contribution in [1.29, 1.82) is 0 Å². The lowest BCUT2D eigenvalue weighted by Crippen LogP contribution is -2.70. The van der Waals surface area contributed by atoms with Crippen LogP contribution in [0.2, 0.25) is 0 Å². The van der Waals surface area contributed by atoms with Gasteiger partial charge in [0.2, 0.25) is 0 Å². The van der Waals surface area contributed by atoms with Gasteiger partial charge < -0.3 is 24.8 Å². The van der Waals surface area contributed by atoms with Crippen LogP contribution in [0.1, 0.15) is 66.2 Å². The van der Waals surface area contributed by atoms with E-state index >= 15 is 0 Å². The van der Waals surface area contributed by atoms with Crippen molar-refractivity contribution in [2.45, 2.75) is 90.3 Å². The van der Waals surface area contributed by atoms with E-state index in [1.54, 1.807) is 13.0 Å². The first kappa shape index (κ1) is 20.8. The zero-order chi connectivity index (χ0) is 20.0. The Morgan fingerprint density at radius 1 is 1.30 bits per heavy atom. The van der Waals surface area contributed by atoms with Gasteiger partial charge in [-0.3, -0.25) is 4.79 Å². The number of aliphatic hydroxyl groups excluding tert-OH is 2. The van der Waals surface area contributed by atoms with Gasteiger partial charge in [-0.2, -0.15) is 0 Å². The molecule has 27 heavy (non-hydrogen) atoms. The fourth-order valence-electron chi connectivity index (χ4n) is 5.73. The van der Waals surface area contributed by atoms with Gasteiger partial charge in [0.05, 0.1) is 12.7 Å². The Kier molecular flexibility index (Phi) is 5.49. The minimum Gasteiger partial charge on any atom is -0.458 e. The first-order valence-electron chi connectivity index (χ1n) is 10.2. The van der Waals surface area contributed by atoms with Gasteiger partial charge in [0.25, 0.3) is 0 Å². The molecule has 0 radical (unpaired) electrons. The number of ether oxygens (including phenoxy) is 2. The van der Waals surface area contributed by atoms with Crippen LogP contribution < -0.4 is 0 Å².